The minimum atomic E-state index is -0.421. The minimum Gasteiger partial charge on any atom is -0.378 e. The van der Waals surface area contributed by atoms with Crippen molar-refractivity contribution < 1.29 is 14.3 Å². The van der Waals surface area contributed by atoms with Gasteiger partial charge in [0.2, 0.25) is 5.91 Å². The molecule has 1 aliphatic rings. The monoisotopic (exact) mass is 293 g/mol. The number of hydrogen-bond donors (Lipinski definition) is 1. The van der Waals surface area contributed by atoms with E-state index in [0.717, 1.165) is 37.7 Å². The molecule has 1 fully saturated rings. The molecule has 21 heavy (non-hydrogen) atoms. The highest BCUT2D eigenvalue weighted by molar-refractivity contribution is 5.80. The number of ether oxygens (including phenoxy) is 2. The summed E-state index contributed by atoms with van der Waals surface area (Å²) in [5, 5.41) is 2.84. The van der Waals surface area contributed by atoms with Gasteiger partial charge in [0.1, 0.15) is 11.9 Å². The van der Waals surface area contributed by atoms with Crippen LogP contribution in [0.5, 0.6) is 0 Å². The number of aromatic nitrogens is 1. The predicted octanol–water partition coefficient (Wildman–Crippen LogP) is 0.959. The molecule has 0 bridgehead atoms. The Labute approximate surface area is 125 Å². The average Bonchev–Trinajstić information content (AvgIpc) is 2.54. The Balaban J connectivity index is 1.83. The average molecular weight is 293 g/mol. The Bertz CT molecular complexity index is 444. The lowest BCUT2D eigenvalue weighted by Gasteiger charge is -2.27. The van der Waals surface area contributed by atoms with Crippen LogP contribution >= 0.6 is 0 Å². The van der Waals surface area contributed by atoms with Gasteiger partial charge in [-0.2, -0.15) is 0 Å². The molecule has 2 heterocycles. The maximum atomic E-state index is 11.7. The van der Waals surface area contributed by atoms with Crippen LogP contribution in [0.15, 0.2) is 18.3 Å². The lowest BCUT2D eigenvalue weighted by Crippen LogP contribution is -2.36. The van der Waals surface area contributed by atoms with Crippen molar-refractivity contribution in [2.75, 3.05) is 37.8 Å². The molecule has 1 aromatic heterocycles. The van der Waals surface area contributed by atoms with Crippen LogP contribution in [0.4, 0.5) is 5.82 Å². The maximum Gasteiger partial charge on any atom is 0.249 e. The lowest BCUT2D eigenvalue weighted by atomic mass is 10.2. The quantitative estimate of drug-likeness (QED) is 0.846. The van der Waals surface area contributed by atoms with Crippen molar-refractivity contribution in [1.29, 1.82) is 0 Å². The molecule has 0 aliphatic carbocycles. The van der Waals surface area contributed by atoms with Gasteiger partial charge < -0.3 is 19.7 Å². The summed E-state index contributed by atoms with van der Waals surface area (Å²) in [6.07, 6.45) is 1.38. The fourth-order valence-corrected chi connectivity index (χ4v) is 2.16. The second-order valence-corrected chi connectivity index (χ2v) is 4.94. The van der Waals surface area contributed by atoms with E-state index in [1.807, 2.05) is 19.1 Å². The number of rotatable bonds is 6. The van der Waals surface area contributed by atoms with Gasteiger partial charge in [0, 0.05) is 32.4 Å². The lowest BCUT2D eigenvalue weighted by molar-refractivity contribution is -0.131. The highest BCUT2D eigenvalue weighted by Gasteiger charge is 2.13. The van der Waals surface area contributed by atoms with Crippen molar-refractivity contribution >= 4 is 11.7 Å². The van der Waals surface area contributed by atoms with Gasteiger partial charge in [-0.1, -0.05) is 6.07 Å². The normalized spacial score (nSPS) is 16.6. The van der Waals surface area contributed by atoms with Crippen molar-refractivity contribution in [2.24, 2.45) is 0 Å². The third-order valence-electron chi connectivity index (χ3n) is 3.40. The van der Waals surface area contributed by atoms with Crippen molar-refractivity contribution in [3.05, 3.63) is 23.9 Å². The second kappa shape index (κ2) is 7.95. The van der Waals surface area contributed by atoms with Crippen LogP contribution in [0.25, 0.3) is 0 Å². The summed E-state index contributed by atoms with van der Waals surface area (Å²) in [6, 6.07) is 3.97. The molecule has 1 aliphatic heterocycles. The largest absolute Gasteiger partial charge is 0.378 e. The molecule has 1 saturated heterocycles. The molecule has 2 rings (SSSR count). The van der Waals surface area contributed by atoms with E-state index in [-0.39, 0.29) is 5.91 Å². The molecule has 1 aromatic rings. The molecule has 0 saturated carbocycles. The van der Waals surface area contributed by atoms with Gasteiger partial charge in [-0.15, -0.1) is 0 Å². The zero-order chi connectivity index (χ0) is 15.1. The number of morpholine rings is 1. The molecule has 6 heteroatoms. The molecule has 6 nitrogen and oxygen atoms in total. The van der Waals surface area contributed by atoms with E-state index >= 15 is 0 Å². The third-order valence-corrected chi connectivity index (χ3v) is 3.40. The summed E-state index contributed by atoms with van der Waals surface area (Å²) in [7, 11) is 0. The number of nitrogens with zero attached hydrogens (tertiary/aromatic N) is 2. The highest BCUT2D eigenvalue weighted by atomic mass is 16.5. The van der Waals surface area contributed by atoms with Crippen LogP contribution in [0.2, 0.25) is 0 Å². The first-order chi connectivity index (χ1) is 10.2. The van der Waals surface area contributed by atoms with Gasteiger partial charge in [-0.05, 0) is 25.5 Å². The Morgan fingerprint density at radius 2 is 2.24 bits per heavy atom. The van der Waals surface area contributed by atoms with E-state index in [1.54, 1.807) is 13.1 Å². The van der Waals surface area contributed by atoms with Crippen LogP contribution in [-0.2, 0) is 20.8 Å². The molecule has 0 aromatic carbocycles. The van der Waals surface area contributed by atoms with Gasteiger partial charge in [0.15, 0.2) is 0 Å². The van der Waals surface area contributed by atoms with Crippen LogP contribution in [0, 0.1) is 0 Å². The van der Waals surface area contributed by atoms with Crippen molar-refractivity contribution in [3.8, 4) is 0 Å². The van der Waals surface area contributed by atoms with Crippen molar-refractivity contribution in [1.82, 2.24) is 10.3 Å². The van der Waals surface area contributed by atoms with E-state index < -0.39 is 6.10 Å². The summed E-state index contributed by atoms with van der Waals surface area (Å²) < 4.78 is 10.6. The molecule has 1 N–H and O–H groups in total. The molecule has 0 radical (unpaired) electrons. The summed E-state index contributed by atoms with van der Waals surface area (Å²) in [6.45, 7) is 7.85. The summed E-state index contributed by atoms with van der Waals surface area (Å²) in [4.78, 5) is 18.4. The van der Waals surface area contributed by atoms with E-state index in [4.69, 9.17) is 9.47 Å². The first kappa shape index (κ1) is 15.7. The fraction of sp³-hybridized carbons (Fsp3) is 0.600. The number of carbonyl (C=O) groups is 1. The van der Waals surface area contributed by atoms with E-state index in [1.165, 1.54) is 0 Å². The van der Waals surface area contributed by atoms with E-state index in [2.05, 4.69) is 15.2 Å². The summed E-state index contributed by atoms with van der Waals surface area (Å²) >= 11 is 0. The SMILES string of the molecule is CCOC(C)C(=O)NCc1ccc(N2CCOCC2)nc1. The molecular weight excluding hydrogens is 270 g/mol. The fourth-order valence-electron chi connectivity index (χ4n) is 2.16. The maximum absolute atomic E-state index is 11.7. The summed E-state index contributed by atoms with van der Waals surface area (Å²) in [5.74, 6) is 0.852. The second-order valence-electron chi connectivity index (χ2n) is 4.94. The number of carbonyl (C=O) groups excluding carboxylic acids is 1. The first-order valence-electron chi connectivity index (χ1n) is 7.37. The van der Waals surface area contributed by atoms with Gasteiger partial charge in [-0.3, -0.25) is 4.79 Å². The number of pyridine rings is 1. The summed E-state index contributed by atoms with van der Waals surface area (Å²) in [5.41, 5.74) is 0.976. The number of amides is 1. The first-order valence-corrected chi connectivity index (χ1v) is 7.37. The predicted molar refractivity (Wildman–Crippen MR) is 80.2 cm³/mol. The molecule has 116 valence electrons. The molecular formula is C15H23N3O3. The van der Waals surface area contributed by atoms with Crippen molar-refractivity contribution in [3.63, 3.8) is 0 Å². The minimum absolute atomic E-state index is 0.103. The van der Waals surface area contributed by atoms with Crippen LogP contribution in [-0.4, -0.2) is 49.9 Å². The molecule has 0 spiro atoms. The van der Waals surface area contributed by atoms with E-state index in [9.17, 15) is 4.79 Å². The topological polar surface area (TPSA) is 63.7 Å². The number of hydrogen-bond acceptors (Lipinski definition) is 5. The van der Waals surface area contributed by atoms with Crippen LogP contribution in [0.1, 0.15) is 19.4 Å². The Morgan fingerprint density at radius 3 is 2.86 bits per heavy atom. The number of anilines is 1. The highest BCUT2D eigenvalue weighted by Crippen LogP contribution is 2.12. The third kappa shape index (κ3) is 4.68. The standard InChI is InChI=1S/C15H23N3O3/c1-3-21-12(2)15(19)17-11-13-4-5-14(16-10-13)18-6-8-20-9-7-18/h4-5,10,12H,3,6-9,11H2,1-2H3,(H,17,19). The van der Waals surface area contributed by atoms with Crippen LogP contribution in [0.3, 0.4) is 0 Å². The van der Waals surface area contributed by atoms with Crippen LogP contribution < -0.4 is 10.2 Å². The van der Waals surface area contributed by atoms with Gasteiger partial charge in [0.05, 0.1) is 13.2 Å². The number of nitrogens with one attached hydrogen (secondary N) is 1. The Hall–Kier alpha value is -1.66. The zero-order valence-electron chi connectivity index (χ0n) is 12.7. The van der Waals surface area contributed by atoms with Gasteiger partial charge in [-0.25, -0.2) is 4.98 Å². The smallest absolute Gasteiger partial charge is 0.249 e. The Kier molecular flexibility index (Phi) is 5.95. The molecule has 1 atom stereocenters. The molecule has 1 amide bonds. The zero-order valence-corrected chi connectivity index (χ0v) is 12.7. The molecule has 1 unspecified atom stereocenters. The van der Waals surface area contributed by atoms with E-state index in [0.29, 0.717) is 13.2 Å². The Morgan fingerprint density at radius 1 is 1.48 bits per heavy atom. The van der Waals surface area contributed by atoms with Crippen molar-refractivity contribution in [2.45, 2.75) is 26.5 Å². The van der Waals surface area contributed by atoms with Gasteiger partial charge >= 0.3 is 0 Å². The van der Waals surface area contributed by atoms with Gasteiger partial charge in [0.25, 0.3) is 0 Å².